The van der Waals surface area contributed by atoms with Gasteiger partial charge in [0.15, 0.2) is 16.3 Å². The number of benzene rings is 2. The first-order valence-electron chi connectivity index (χ1n) is 9.70. The third-order valence-corrected chi connectivity index (χ3v) is 5.73. The van der Waals surface area contributed by atoms with Crippen LogP contribution in [0.4, 0.5) is 0 Å². The van der Waals surface area contributed by atoms with Crippen molar-refractivity contribution in [1.82, 2.24) is 4.57 Å². The molecule has 0 unspecified atom stereocenters. The van der Waals surface area contributed by atoms with Gasteiger partial charge in [-0.2, -0.15) is 4.99 Å². The first kappa shape index (κ1) is 22.6. The zero-order valence-corrected chi connectivity index (χ0v) is 19.1. The van der Waals surface area contributed by atoms with E-state index < -0.39 is 5.91 Å². The summed E-state index contributed by atoms with van der Waals surface area (Å²) in [6.45, 7) is 3.57. The van der Waals surface area contributed by atoms with Gasteiger partial charge in [-0.15, -0.1) is 0 Å². The van der Waals surface area contributed by atoms with Crippen LogP contribution in [0.5, 0.6) is 23.0 Å². The first-order valence-corrected chi connectivity index (χ1v) is 10.5. The third-order valence-electron chi connectivity index (χ3n) is 4.69. The van der Waals surface area contributed by atoms with Gasteiger partial charge in [0.05, 0.1) is 50.8 Å². The number of amides is 1. The molecule has 0 radical (unpaired) electrons. The Hall–Kier alpha value is -3.04. The van der Waals surface area contributed by atoms with Crippen LogP contribution in [0.3, 0.4) is 0 Å². The van der Waals surface area contributed by atoms with Crippen molar-refractivity contribution >= 4 is 27.5 Å². The Morgan fingerprint density at radius 1 is 0.968 bits per heavy atom. The Labute approximate surface area is 184 Å². The van der Waals surface area contributed by atoms with Gasteiger partial charge in [-0.3, -0.25) is 4.79 Å². The minimum atomic E-state index is -0.407. The Bertz CT molecular complexity index is 1130. The largest absolute Gasteiger partial charge is 0.497 e. The highest BCUT2D eigenvalue weighted by atomic mass is 32.1. The molecule has 1 aromatic heterocycles. The van der Waals surface area contributed by atoms with Gasteiger partial charge in [-0.1, -0.05) is 11.3 Å². The lowest BCUT2D eigenvalue weighted by Gasteiger charge is -2.10. The molecule has 0 saturated carbocycles. The van der Waals surface area contributed by atoms with E-state index in [1.54, 1.807) is 39.5 Å². The zero-order valence-electron chi connectivity index (χ0n) is 18.3. The van der Waals surface area contributed by atoms with Crippen molar-refractivity contribution in [2.75, 3.05) is 41.7 Å². The summed E-state index contributed by atoms with van der Waals surface area (Å²) in [6.07, 6.45) is 0. The van der Waals surface area contributed by atoms with E-state index >= 15 is 0 Å². The molecule has 0 aliphatic carbocycles. The molecule has 31 heavy (non-hydrogen) atoms. The van der Waals surface area contributed by atoms with Crippen LogP contribution >= 0.6 is 11.3 Å². The second-order valence-corrected chi connectivity index (χ2v) is 7.40. The number of aromatic nitrogens is 1. The third kappa shape index (κ3) is 4.83. The molecule has 0 spiro atoms. The van der Waals surface area contributed by atoms with Gasteiger partial charge in [-0.25, -0.2) is 0 Å². The second-order valence-electron chi connectivity index (χ2n) is 6.39. The molecule has 0 N–H and O–H groups in total. The monoisotopic (exact) mass is 446 g/mol. The molecular weight excluding hydrogens is 420 g/mol. The number of nitrogens with zero attached hydrogens (tertiary/aromatic N) is 2. The Morgan fingerprint density at radius 3 is 2.32 bits per heavy atom. The number of thiazole rings is 1. The molecule has 9 heteroatoms. The van der Waals surface area contributed by atoms with Crippen molar-refractivity contribution in [2.45, 2.75) is 13.5 Å². The van der Waals surface area contributed by atoms with Gasteiger partial charge in [0.25, 0.3) is 5.91 Å². The fraction of sp³-hybridized carbons (Fsp3) is 0.364. The second kappa shape index (κ2) is 10.3. The molecule has 8 nitrogen and oxygen atoms in total. The molecule has 1 amide bonds. The average Bonchev–Trinajstić information content (AvgIpc) is 3.13. The SMILES string of the molecule is CCOCCn1c(=NC(=O)c2ccc(OC)cc2OC)sc2cc(OC)c(OC)cc21. The van der Waals surface area contributed by atoms with E-state index in [-0.39, 0.29) is 0 Å². The lowest BCUT2D eigenvalue weighted by molar-refractivity contribution is 0.0993. The van der Waals surface area contributed by atoms with Gasteiger partial charge in [0, 0.05) is 31.4 Å². The Morgan fingerprint density at radius 2 is 1.68 bits per heavy atom. The Kier molecular flexibility index (Phi) is 7.54. The van der Waals surface area contributed by atoms with Crippen LogP contribution in [0.1, 0.15) is 17.3 Å². The first-order chi connectivity index (χ1) is 15.1. The molecule has 3 aromatic rings. The summed E-state index contributed by atoms with van der Waals surface area (Å²) < 4.78 is 29.8. The predicted octanol–water partition coefficient (Wildman–Crippen LogP) is 3.51. The van der Waals surface area contributed by atoms with E-state index in [9.17, 15) is 4.79 Å². The number of carbonyl (C=O) groups excluding carboxylic acids is 1. The fourth-order valence-electron chi connectivity index (χ4n) is 3.12. The van der Waals surface area contributed by atoms with E-state index in [0.29, 0.717) is 53.1 Å². The summed E-state index contributed by atoms with van der Waals surface area (Å²) in [7, 11) is 6.24. The van der Waals surface area contributed by atoms with Crippen LogP contribution in [0.15, 0.2) is 35.3 Å². The number of hydrogen-bond donors (Lipinski definition) is 0. The number of ether oxygens (including phenoxy) is 5. The van der Waals surface area contributed by atoms with E-state index in [1.165, 1.54) is 18.4 Å². The standard InChI is InChI=1S/C22H26N2O6S/c1-6-30-10-9-24-16-12-18(28-4)19(29-5)13-20(16)31-22(24)23-21(25)15-8-7-14(26-2)11-17(15)27-3/h7-8,11-13H,6,9-10H2,1-5H3. The lowest BCUT2D eigenvalue weighted by Crippen LogP contribution is -2.20. The normalized spacial score (nSPS) is 11.6. The van der Waals surface area contributed by atoms with Gasteiger partial charge >= 0.3 is 0 Å². The van der Waals surface area contributed by atoms with Crippen molar-refractivity contribution in [2.24, 2.45) is 4.99 Å². The summed E-state index contributed by atoms with van der Waals surface area (Å²) in [5.74, 6) is 1.81. The fourth-order valence-corrected chi connectivity index (χ4v) is 4.19. The zero-order chi connectivity index (χ0) is 22.4. The van der Waals surface area contributed by atoms with Crippen molar-refractivity contribution in [1.29, 1.82) is 0 Å². The molecule has 0 atom stereocenters. The smallest absolute Gasteiger partial charge is 0.283 e. The number of methoxy groups -OCH3 is 4. The van der Waals surface area contributed by atoms with E-state index in [0.717, 1.165) is 10.2 Å². The average molecular weight is 447 g/mol. The maximum absolute atomic E-state index is 13.0. The van der Waals surface area contributed by atoms with Crippen LogP contribution in [0.2, 0.25) is 0 Å². The predicted molar refractivity (Wildman–Crippen MR) is 119 cm³/mol. The molecule has 1 heterocycles. The number of hydrogen-bond acceptors (Lipinski definition) is 7. The minimum absolute atomic E-state index is 0.354. The van der Waals surface area contributed by atoms with Crippen LogP contribution in [0, 0.1) is 0 Å². The molecule has 0 saturated heterocycles. The topological polar surface area (TPSA) is 80.5 Å². The molecule has 166 valence electrons. The summed E-state index contributed by atoms with van der Waals surface area (Å²) >= 11 is 1.39. The van der Waals surface area contributed by atoms with E-state index in [4.69, 9.17) is 23.7 Å². The van der Waals surface area contributed by atoms with Crippen molar-refractivity contribution in [3.63, 3.8) is 0 Å². The van der Waals surface area contributed by atoms with Crippen molar-refractivity contribution < 1.29 is 28.5 Å². The summed E-state index contributed by atoms with van der Waals surface area (Å²) in [4.78, 5) is 18.0. The highest BCUT2D eigenvalue weighted by Gasteiger charge is 2.16. The number of carbonyl (C=O) groups is 1. The molecule has 2 aromatic carbocycles. The number of rotatable bonds is 9. The van der Waals surface area contributed by atoms with Crippen LogP contribution in [-0.2, 0) is 11.3 Å². The molecule has 0 fully saturated rings. The van der Waals surface area contributed by atoms with Crippen LogP contribution < -0.4 is 23.7 Å². The van der Waals surface area contributed by atoms with Gasteiger partial charge in [0.2, 0.25) is 0 Å². The van der Waals surface area contributed by atoms with Crippen molar-refractivity contribution in [3.05, 3.63) is 40.7 Å². The maximum atomic E-state index is 13.0. The molecular formula is C22H26N2O6S. The molecule has 0 bridgehead atoms. The quantitative estimate of drug-likeness (QED) is 0.468. The number of fused-ring (bicyclic) bond motifs is 1. The lowest BCUT2D eigenvalue weighted by atomic mass is 10.2. The van der Waals surface area contributed by atoms with Gasteiger partial charge < -0.3 is 28.3 Å². The Balaban J connectivity index is 2.14. The highest BCUT2D eigenvalue weighted by molar-refractivity contribution is 7.16. The summed E-state index contributed by atoms with van der Waals surface area (Å²) in [6, 6.07) is 8.77. The maximum Gasteiger partial charge on any atom is 0.283 e. The van der Waals surface area contributed by atoms with Crippen molar-refractivity contribution in [3.8, 4) is 23.0 Å². The summed E-state index contributed by atoms with van der Waals surface area (Å²) in [5.41, 5.74) is 1.24. The molecule has 0 aliphatic heterocycles. The molecule has 3 rings (SSSR count). The van der Waals surface area contributed by atoms with Crippen LogP contribution in [0.25, 0.3) is 10.2 Å². The molecule has 0 aliphatic rings. The van der Waals surface area contributed by atoms with Gasteiger partial charge in [0.1, 0.15) is 11.5 Å². The van der Waals surface area contributed by atoms with E-state index in [1.807, 2.05) is 23.6 Å². The van der Waals surface area contributed by atoms with Crippen LogP contribution in [-0.4, -0.2) is 52.1 Å². The van der Waals surface area contributed by atoms with Gasteiger partial charge in [-0.05, 0) is 19.1 Å². The highest BCUT2D eigenvalue weighted by Crippen LogP contribution is 2.33. The summed E-state index contributed by atoms with van der Waals surface area (Å²) in [5, 5.41) is 0. The van der Waals surface area contributed by atoms with E-state index in [2.05, 4.69) is 4.99 Å². The minimum Gasteiger partial charge on any atom is -0.497 e.